The lowest BCUT2D eigenvalue weighted by Gasteiger charge is -2.18. The summed E-state index contributed by atoms with van der Waals surface area (Å²) in [6.45, 7) is -0.102. The fourth-order valence-electron chi connectivity index (χ4n) is 1.87. The van der Waals surface area contributed by atoms with Crippen LogP contribution in [0.15, 0.2) is 40.9 Å². The largest absolute Gasteiger partial charge is 0.480 e. The summed E-state index contributed by atoms with van der Waals surface area (Å²) < 4.78 is 1.03. The summed E-state index contributed by atoms with van der Waals surface area (Å²) in [6, 6.07) is 11.8. The van der Waals surface area contributed by atoms with E-state index >= 15 is 0 Å². The third-order valence-electron chi connectivity index (χ3n) is 2.79. The molecule has 0 saturated carbocycles. The van der Waals surface area contributed by atoms with Gasteiger partial charge in [-0.25, -0.2) is 0 Å². The first-order chi connectivity index (χ1) is 8.99. The standard InChI is InChI=1S/C14H12BrNO2S/c1-16(8-13(17)18)14(19)10-5-6-11-9(7-10)3-2-4-12(11)15/h2-7H,8H2,1H3,(H,17,18). The lowest BCUT2D eigenvalue weighted by atomic mass is 10.1. The van der Waals surface area contributed by atoms with E-state index < -0.39 is 5.97 Å². The van der Waals surface area contributed by atoms with Gasteiger partial charge in [0.15, 0.2) is 0 Å². The van der Waals surface area contributed by atoms with Crippen molar-refractivity contribution in [2.24, 2.45) is 0 Å². The SMILES string of the molecule is CN(CC(=O)O)C(=S)c1ccc2c(Br)cccc2c1. The predicted molar refractivity (Wildman–Crippen MR) is 83.6 cm³/mol. The maximum Gasteiger partial charge on any atom is 0.323 e. The van der Waals surface area contributed by atoms with Crippen LogP contribution in [0.2, 0.25) is 0 Å². The molecular formula is C14H12BrNO2S. The summed E-state index contributed by atoms with van der Waals surface area (Å²) in [4.78, 5) is 12.8. The molecule has 0 atom stereocenters. The number of nitrogens with zero attached hydrogens (tertiary/aromatic N) is 1. The van der Waals surface area contributed by atoms with Gasteiger partial charge >= 0.3 is 5.97 Å². The Bertz CT molecular complexity index is 657. The first-order valence-electron chi connectivity index (χ1n) is 5.64. The van der Waals surface area contributed by atoms with E-state index in [1.54, 1.807) is 11.9 Å². The third kappa shape index (κ3) is 3.11. The molecule has 0 bridgehead atoms. The summed E-state index contributed by atoms with van der Waals surface area (Å²) in [5.74, 6) is -0.895. The molecule has 19 heavy (non-hydrogen) atoms. The molecule has 1 N–H and O–H groups in total. The molecule has 5 heteroatoms. The highest BCUT2D eigenvalue weighted by Gasteiger charge is 2.11. The summed E-state index contributed by atoms with van der Waals surface area (Å²) in [5, 5.41) is 11.0. The van der Waals surface area contributed by atoms with Gasteiger partial charge in [-0.05, 0) is 22.9 Å². The van der Waals surface area contributed by atoms with E-state index in [1.807, 2.05) is 36.4 Å². The Balaban J connectivity index is 2.36. The molecule has 0 aliphatic heterocycles. The minimum absolute atomic E-state index is 0.102. The quantitative estimate of drug-likeness (QED) is 0.872. The maximum atomic E-state index is 10.7. The van der Waals surface area contributed by atoms with Crippen molar-refractivity contribution in [2.45, 2.75) is 0 Å². The highest BCUT2D eigenvalue weighted by atomic mass is 79.9. The second kappa shape index (κ2) is 5.67. The van der Waals surface area contributed by atoms with Gasteiger partial charge < -0.3 is 10.0 Å². The molecule has 2 aromatic rings. The van der Waals surface area contributed by atoms with Crippen molar-refractivity contribution in [2.75, 3.05) is 13.6 Å². The summed E-state index contributed by atoms with van der Waals surface area (Å²) in [7, 11) is 1.68. The van der Waals surface area contributed by atoms with Gasteiger partial charge in [0.2, 0.25) is 0 Å². The Morgan fingerprint density at radius 2 is 2.11 bits per heavy atom. The number of benzene rings is 2. The van der Waals surface area contributed by atoms with Gasteiger partial charge in [0.1, 0.15) is 11.5 Å². The average molecular weight is 338 g/mol. The monoisotopic (exact) mass is 337 g/mol. The van der Waals surface area contributed by atoms with Gasteiger partial charge in [-0.3, -0.25) is 4.79 Å². The molecule has 0 amide bonds. The van der Waals surface area contributed by atoms with Gasteiger partial charge in [-0.2, -0.15) is 0 Å². The van der Waals surface area contributed by atoms with Crippen LogP contribution in [0.1, 0.15) is 5.56 Å². The van der Waals surface area contributed by atoms with E-state index in [9.17, 15) is 4.79 Å². The molecule has 0 spiro atoms. The van der Waals surface area contributed by atoms with E-state index in [0.717, 1.165) is 20.8 Å². The molecule has 0 saturated heterocycles. The Labute approximate surface area is 125 Å². The molecule has 2 rings (SSSR count). The first-order valence-corrected chi connectivity index (χ1v) is 6.84. The molecule has 0 heterocycles. The normalized spacial score (nSPS) is 10.4. The van der Waals surface area contributed by atoms with E-state index in [1.165, 1.54) is 0 Å². The molecule has 0 fully saturated rings. The van der Waals surface area contributed by atoms with E-state index in [0.29, 0.717) is 4.99 Å². The molecule has 0 aromatic heterocycles. The van der Waals surface area contributed by atoms with Gasteiger partial charge in [0, 0.05) is 17.1 Å². The Kier molecular flexibility index (Phi) is 4.17. The molecule has 98 valence electrons. The number of hydrogen-bond donors (Lipinski definition) is 1. The third-order valence-corrected chi connectivity index (χ3v) is 4.03. The molecule has 0 radical (unpaired) electrons. The van der Waals surface area contributed by atoms with Crippen molar-refractivity contribution in [3.05, 3.63) is 46.4 Å². The Morgan fingerprint density at radius 3 is 2.79 bits per heavy atom. The van der Waals surface area contributed by atoms with Crippen molar-refractivity contribution in [3.63, 3.8) is 0 Å². The average Bonchev–Trinajstić information content (AvgIpc) is 2.37. The zero-order valence-corrected chi connectivity index (χ0v) is 12.7. The molecule has 3 nitrogen and oxygen atoms in total. The number of fused-ring (bicyclic) bond motifs is 1. The summed E-state index contributed by atoms with van der Waals surface area (Å²) in [5.41, 5.74) is 0.851. The van der Waals surface area contributed by atoms with Crippen molar-refractivity contribution in [3.8, 4) is 0 Å². The second-order valence-corrected chi connectivity index (χ2v) is 5.47. The number of carbonyl (C=O) groups is 1. The van der Waals surface area contributed by atoms with Crippen LogP contribution in [0, 0.1) is 0 Å². The Hall–Kier alpha value is -1.46. The van der Waals surface area contributed by atoms with Crippen LogP contribution < -0.4 is 0 Å². The number of carboxylic acids is 1. The number of hydrogen-bond acceptors (Lipinski definition) is 2. The molecular weight excluding hydrogens is 326 g/mol. The molecule has 0 unspecified atom stereocenters. The van der Waals surface area contributed by atoms with Crippen molar-refractivity contribution in [1.82, 2.24) is 4.90 Å². The number of likely N-dealkylation sites (N-methyl/N-ethyl adjacent to an activating group) is 1. The second-order valence-electron chi connectivity index (χ2n) is 4.23. The maximum absolute atomic E-state index is 10.7. The van der Waals surface area contributed by atoms with Crippen LogP contribution in [-0.4, -0.2) is 34.6 Å². The topological polar surface area (TPSA) is 40.5 Å². The van der Waals surface area contributed by atoms with Crippen LogP contribution in [0.5, 0.6) is 0 Å². The van der Waals surface area contributed by atoms with Crippen molar-refractivity contribution in [1.29, 1.82) is 0 Å². The first kappa shape index (κ1) is 14.0. The molecule has 2 aromatic carbocycles. The summed E-state index contributed by atoms with van der Waals surface area (Å²) in [6.07, 6.45) is 0. The zero-order chi connectivity index (χ0) is 14.0. The highest BCUT2D eigenvalue weighted by molar-refractivity contribution is 9.10. The van der Waals surface area contributed by atoms with Crippen LogP contribution in [0.4, 0.5) is 0 Å². The summed E-state index contributed by atoms with van der Waals surface area (Å²) >= 11 is 8.81. The highest BCUT2D eigenvalue weighted by Crippen LogP contribution is 2.25. The predicted octanol–water partition coefficient (Wildman–Crippen LogP) is 3.29. The fourth-order valence-corrected chi connectivity index (χ4v) is 2.58. The smallest absolute Gasteiger partial charge is 0.323 e. The number of carboxylic acid groups (broad SMARTS) is 1. The van der Waals surface area contributed by atoms with Crippen LogP contribution in [-0.2, 0) is 4.79 Å². The lowest BCUT2D eigenvalue weighted by Crippen LogP contribution is -2.31. The van der Waals surface area contributed by atoms with Gasteiger partial charge in [0.05, 0.1) is 0 Å². The number of halogens is 1. The number of aliphatic carboxylic acids is 1. The molecule has 0 aliphatic rings. The lowest BCUT2D eigenvalue weighted by molar-refractivity contribution is -0.137. The van der Waals surface area contributed by atoms with Crippen LogP contribution in [0.25, 0.3) is 10.8 Å². The number of thiocarbonyl (C=S) groups is 1. The minimum atomic E-state index is -0.895. The minimum Gasteiger partial charge on any atom is -0.480 e. The van der Waals surface area contributed by atoms with Gasteiger partial charge in [-0.1, -0.05) is 52.4 Å². The molecule has 0 aliphatic carbocycles. The van der Waals surface area contributed by atoms with E-state index in [2.05, 4.69) is 15.9 Å². The van der Waals surface area contributed by atoms with Crippen LogP contribution in [0.3, 0.4) is 0 Å². The zero-order valence-electron chi connectivity index (χ0n) is 10.3. The van der Waals surface area contributed by atoms with Crippen molar-refractivity contribution >= 4 is 49.9 Å². The van der Waals surface area contributed by atoms with Gasteiger partial charge in [-0.15, -0.1) is 0 Å². The van der Waals surface area contributed by atoms with E-state index in [4.69, 9.17) is 17.3 Å². The number of rotatable bonds is 3. The van der Waals surface area contributed by atoms with E-state index in [-0.39, 0.29) is 6.54 Å². The van der Waals surface area contributed by atoms with Crippen LogP contribution >= 0.6 is 28.1 Å². The van der Waals surface area contributed by atoms with Gasteiger partial charge in [0.25, 0.3) is 0 Å². The van der Waals surface area contributed by atoms with Crippen molar-refractivity contribution < 1.29 is 9.90 Å². The fraction of sp³-hybridized carbons (Fsp3) is 0.143. The Morgan fingerprint density at radius 1 is 1.37 bits per heavy atom.